The van der Waals surface area contributed by atoms with Crippen LogP contribution in [0.3, 0.4) is 0 Å². The lowest BCUT2D eigenvalue weighted by atomic mass is 10.2. The van der Waals surface area contributed by atoms with E-state index in [1.54, 1.807) is 18.3 Å². The van der Waals surface area contributed by atoms with E-state index in [4.69, 9.17) is 5.73 Å². The summed E-state index contributed by atoms with van der Waals surface area (Å²) in [7, 11) is 0. The minimum Gasteiger partial charge on any atom is -0.326 e. The summed E-state index contributed by atoms with van der Waals surface area (Å²) in [6.45, 7) is 0.455. The predicted molar refractivity (Wildman–Crippen MR) is 81.0 cm³/mol. The number of nitrogens with one attached hydrogen (secondary N) is 1. The average Bonchev–Trinajstić information content (AvgIpc) is 2.40. The van der Waals surface area contributed by atoms with Crippen LogP contribution in [0, 0.1) is 0 Å². The number of aromatic nitrogens is 1. The van der Waals surface area contributed by atoms with Gasteiger partial charge in [0.1, 0.15) is 0 Å². The van der Waals surface area contributed by atoms with Crippen LogP contribution in [0.25, 0.3) is 0 Å². The maximum absolute atomic E-state index is 11.8. The van der Waals surface area contributed by atoms with Gasteiger partial charge >= 0.3 is 0 Å². The molecule has 0 fully saturated rings. The van der Waals surface area contributed by atoms with E-state index in [1.165, 1.54) is 6.20 Å². The Morgan fingerprint density at radius 2 is 2.00 bits per heavy atom. The van der Waals surface area contributed by atoms with Gasteiger partial charge in [-0.3, -0.25) is 9.78 Å². The number of pyridine rings is 1. The number of benzene rings is 1. The van der Waals surface area contributed by atoms with Crippen LogP contribution in [-0.2, 0) is 6.54 Å². The number of anilines is 1. The van der Waals surface area contributed by atoms with Crippen LogP contribution in [-0.4, -0.2) is 10.9 Å². The second-order valence-corrected chi connectivity index (χ2v) is 3.60. The molecule has 4 nitrogen and oxygen atoms in total. The van der Waals surface area contributed by atoms with E-state index in [2.05, 4.69) is 10.3 Å². The molecule has 0 spiro atoms. The number of halogens is 2. The molecule has 1 amide bonds. The molecule has 102 valence electrons. The van der Waals surface area contributed by atoms with Gasteiger partial charge in [0.25, 0.3) is 5.91 Å². The van der Waals surface area contributed by atoms with E-state index in [0.29, 0.717) is 12.1 Å². The van der Waals surface area contributed by atoms with Crippen LogP contribution in [0.5, 0.6) is 0 Å². The molecule has 1 heterocycles. The number of carbonyl (C=O) groups is 1. The smallest absolute Gasteiger partial charge is 0.257 e. The minimum absolute atomic E-state index is 0. The Morgan fingerprint density at radius 1 is 1.21 bits per heavy atom. The standard InChI is InChI=1S/C13H13N3O.2ClH/c14-8-10-3-1-5-12(7-10)16-13(17)11-4-2-6-15-9-11;;/h1-7,9H,8,14H2,(H,16,17);2*1H. The average molecular weight is 300 g/mol. The molecule has 1 aromatic carbocycles. The van der Waals surface area contributed by atoms with Crippen molar-refractivity contribution in [1.82, 2.24) is 4.98 Å². The molecule has 0 aliphatic heterocycles. The van der Waals surface area contributed by atoms with Crippen LogP contribution < -0.4 is 11.1 Å². The lowest BCUT2D eigenvalue weighted by Crippen LogP contribution is -2.12. The normalized spacial score (nSPS) is 8.89. The maximum atomic E-state index is 11.8. The second-order valence-electron chi connectivity index (χ2n) is 3.60. The van der Waals surface area contributed by atoms with E-state index >= 15 is 0 Å². The molecule has 0 bridgehead atoms. The highest BCUT2D eigenvalue weighted by molar-refractivity contribution is 6.04. The fraction of sp³-hybridized carbons (Fsp3) is 0.0769. The van der Waals surface area contributed by atoms with Gasteiger partial charge in [0, 0.05) is 24.6 Å². The molecule has 3 N–H and O–H groups in total. The van der Waals surface area contributed by atoms with E-state index in [1.807, 2.05) is 24.3 Å². The van der Waals surface area contributed by atoms with Crippen LogP contribution in [0.2, 0.25) is 0 Å². The van der Waals surface area contributed by atoms with E-state index in [9.17, 15) is 4.79 Å². The number of nitrogens with two attached hydrogens (primary N) is 1. The van der Waals surface area contributed by atoms with Crippen LogP contribution in [0.1, 0.15) is 15.9 Å². The summed E-state index contributed by atoms with van der Waals surface area (Å²) in [6.07, 6.45) is 3.16. The highest BCUT2D eigenvalue weighted by Crippen LogP contribution is 2.11. The SMILES string of the molecule is Cl.Cl.NCc1cccc(NC(=O)c2cccnc2)c1. The Bertz CT molecular complexity index is 520. The highest BCUT2D eigenvalue weighted by Gasteiger charge is 2.05. The van der Waals surface area contributed by atoms with Crippen molar-refractivity contribution in [3.63, 3.8) is 0 Å². The van der Waals surface area contributed by atoms with Crippen molar-refractivity contribution in [1.29, 1.82) is 0 Å². The molecule has 19 heavy (non-hydrogen) atoms. The number of carbonyl (C=O) groups excluding carboxylic acids is 1. The molecular formula is C13H15Cl2N3O. The first-order chi connectivity index (χ1) is 8.29. The van der Waals surface area contributed by atoms with E-state index in [0.717, 1.165) is 11.3 Å². The molecule has 1 aromatic heterocycles. The van der Waals surface area contributed by atoms with Gasteiger partial charge in [0.05, 0.1) is 5.56 Å². The van der Waals surface area contributed by atoms with Gasteiger partial charge in [-0.1, -0.05) is 12.1 Å². The Balaban J connectivity index is 0.00000162. The number of hydrogen-bond donors (Lipinski definition) is 2. The van der Waals surface area contributed by atoms with E-state index in [-0.39, 0.29) is 30.7 Å². The Morgan fingerprint density at radius 3 is 2.63 bits per heavy atom. The van der Waals surface area contributed by atoms with Crippen molar-refractivity contribution in [3.8, 4) is 0 Å². The second kappa shape index (κ2) is 8.48. The molecule has 0 saturated heterocycles. The Labute approximate surface area is 124 Å². The lowest BCUT2D eigenvalue weighted by molar-refractivity contribution is 0.102. The third kappa shape index (κ3) is 4.87. The largest absolute Gasteiger partial charge is 0.326 e. The molecule has 2 rings (SSSR count). The number of hydrogen-bond acceptors (Lipinski definition) is 3. The van der Waals surface area contributed by atoms with Crippen molar-refractivity contribution in [3.05, 3.63) is 59.9 Å². The van der Waals surface area contributed by atoms with Crippen molar-refractivity contribution in [2.45, 2.75) is 6.54 Å². The van der Waals surface area contributed by atoms with Crippen molar-refractivity contribution >= 4 is 36.4 Å². The number of nitrogens with zero attached hydrogens (tertiary/aromatic N) is 1. The van der Waals surface area contributed by atoms with Crippen LogP contribution in [0.4, 0.5) is 5.69 Å². The zero-order valence-electron chi connectivity index (χ0n) is 10.1. The van der Waals surface area contributed by atoms with Gasteiger partial charge in [-0.05, 0) is 29.8 Å². The van der Waals surface area contributed by atoms with Gasteiger partial charge < -0.3 is 11.1 Å². The molecule has 2 aromatic rings. The maximum Gasteiger partial charge on any atom is 0.257 e. The molecule has 0 unspecified atom stereocenters. The minimum atomic E-state index is -0.174. The molecular weight excluding hydrogens is 285 g/mol. The topological polar surface area (TPSA) is 68.0 Å². The first kappa shape index (κ1) is 17.4. The predicted octanol–water partition coefficient (Wildman–Crippen LogP) is 2.64. The van der Waals surface area contributed by atoms with Gasteiger partial charge in [-0.15, -0.1) is 24.8 Å². The fourth-order valence-electron chi connectivity index (χ4n) is 1.48. The first-order valence-corrected chi connectivity index (χ1v) is 5.30. The molecule has 0 aliphatic carbocycles. The highest BCUT2D eigenvalue weighted by atomic mass is 35.5. The third-order valence-electron chi connectivity index (χ3n) is 2.34. The summed E-state index contributed by atoms with van der Waals surface area (Å²) < 4.78 is 0. The van der Waals surface area contributed by atoms with Crippen LogP contribution >= 0.6 is 24.8 Å². The summed E-state index contributed by atoms with van der Waals surface area (Å²) in [6, 6.07) is 10.9. The Kier molecular flexibility index (Phi) is 7.75. The number of amides is 1. The molecule has 0 aliphatic rings. The Hall–Kier alpha value is -1.62. The summed E-state index contributed by atoms with van der Waals surface area (Å²) in [4.78, 5) is 15.7. The fourth-order valence-corrected chi connectivity index (χ4v) is 1.48. The van der Waals surface area contributed by atoms with E-state index < -0.39 is 0 Å². The number of rotatable bonds is 3. The summed E-state index contributed by atoms with van der Waals surface area (Å²) in [5.41, 5.74) is 7.79. The lowest BCUT2D eigenvalue weighted by Gasteiger charge is -2.06. The van der Waals surface area contributed by atoms with Crippen molar-refractivity contribution < 1.29 is 4.79 Å². The molecule has 0 radical (unpaired) electrons. The van der Waals surface area contributed by atoms with Crippen molar-refractivity contribution in [2.24, 2.45) is 5.73 Å². The zero-order chi connectivity index (χ0) is 12.1. The molecule has 0 saturated carbocycles. The summed E-state index contributed by atoms with van der Waals surface area (Å²) in [5, 5.41) is 2.80. The molecule has 0 atom stereocenters. The monoisotopic (exact) mass is 299 g/mol. The summed E-state index contributed by atoms with van der Waals surface area (Å²) in [5.74, 6) is -0.174. The van der Waals surface area contributed by atoms with Gasteiger partial charge in [-0.25, -0.2) is 0 Å². The first-order valence-electron chi connectivity index (χ1n) is 5.30. The summed E-state index contributed by atoms with van der Waals surface area (Å²) >= 11 is 0. The van der Waals surface area contributed by atoms with Gasteiger partial charge in [0.2, 0.25) is 0 Å². The zero-order valence-corrected chi connectivity index (χ0v) is 11.7. The van der Waals surface area contributed by atoms with Crippen molar-refractivity contribution in [2.75, 3.05) is 5.32 Å². The van der Waals surface area contributed by atoms with Gasteiger partial charge in [0.15, 0.2) is 0 Å². The third-order valence-corrected chi connectivity index (χ3v) is 2.34. The van der Waals surface area contributed by atoms with Crippen LogP contribution in [0.15, 0.2) is 48.8 Å². The quantitative estimate of drug-likeness (QED) is 0.915. The molecule has 6 heteroatoms. The van der Waals surface area contributed by atoms with Gasteiger partial charge in [-0.2, -0.15) is 0 Å².